The molecular weight excluding hydrogens is 440 g/mol. The molecule has 0 amide bonds. The normalized spacial score (nSPS) is 57.1. The zero-order valence-corrected chi connectivity index (χ0v) is 19.6. The van der Waals surface area contributed by atoms with Crippen LogP contribution in [0.25, 0.3) is 0 Å². The lowest BCUT2D eigenvalue weighted by molar-refractivity contribution is -0.542. The lowest BCUT2D eigenvalue weighted by Gasteiger charge is -2.73. The molecule has 1 aromatic heterocycles. The van der Waals surface area contributed by atoms with E-state index in [9.17, 15) is 19.8 Å². The summed E-state index contributed by atoms with van der Waals surface area (Å²) in [6, 6.07) is 3.07. The van der Waals surface area contributed by atoms with Gasteiger partial charge in [-0.25, -0.2) is 4.79 Å². The summed E-state index contributed by atoms with van der Waals surface area (Å²) in [5.41, 5.74) is -2.97. The highest BCUT2D eigenvalue weighted by Crippen LogP contribution is 2.74. The number of aldehydes is 1. The van der Waals surface area contributed by atoms with E-state index in [4.69, 9.17) is 18.6 Å². The van der Waals surface area contributed by atoms with E-state index in [1.165, 1.54) is 12.3 Å². The van der Waals surface area contributed by atoms with Crippen LogP contribution < -0.4 is 5.63 Å². The fraction of sp³-hybridized carbons (Fsp3) is 0.769. The molecule has 3 saturated heterocycles. The predicted octanol–water partition coefficient (Wildman–Crippen LogP) is 2.25. The van der Waals surface area contributed by atoms with Crippen LogP contribution in [0, 0.1) is 22.7 Å². The minimum absolute atomic E-state index is 0.0180. The molecule has 2 N–H and O–H groups in total. The molecule has 8 rings (SSSR count). The molecule has 7 fully saturated rings. The number of aliphatic hydroxyl groups is 2. The van der Waals surface area contributed by atoms with E-state index < -0.39 is 39.7 Å². The van der Waals surface area contributed by atoms with Gasteiger partial charge in [0.1, 0.15) is 6.29 Å². The monoisotopic (exact) mass is 472 g/mol. The summed E-state index contributed by atoms with van der Waals surface area (Å²) in [6.45, 7) is 3.85. The lowest BCUT2D eigenvalue weighted by atomic mass is 9.40. The Balaban J connectivity index is 1.32. The van der Waals surface area contributed by atoms with Crippen LogP contribution in [-0.2, 0) is 19.0 Å². The van der Waals surface area contributed by atoms with Crippen LogP contribution in [0.15, 0.2) is 27.6 Å². The fourth-order valence-electron chi connectivity index (χ4n) is 9.77. The zero-order chi connectivity index (χ0) is 23.7. The first-order valence-corrected chi connectivity index (χ1v) is 12.6. The Bertz CT molecular complexity index is 1100. The number of hydrogen-bond donors (Lipinski definition) is 2. The zero-order valence-electron chi connectivity index (χ0n) is 19.6. The van der Waals surface area contributed by atoms with Gasteiger partial charge in [0.05, 0.1) is 41.2 Å². The molecule has 0 radical (unpaired) electrons. The number of rotatable bonds is 2. The summed E-state index contributed by atoms with van der Waals surface area (Å²) in [5.74, 6) is -1.75. The Morgan fingerprint density at radius 1 is 1.09 bits per heavy atom. The molecule has 184 valence electrons. The Hall–Kier alpha value is -1.58. The van der Waals surface area contributed by atoms with Gasteiger partial charge in [0.15, 0.2) is 0 Å². The SMILES string of the molecule is C[C@]12O[C@H]3C[C@@H](O1)[C@]1(C=O)[C@H]4CC[C@@]5(C)[C@H](c6ccc(=O)oc6)[C@@H](O)C[C@@]5(O)[C@@H]4CC[C@@]1(C3)O2. The minimum Gasteiger partial charge on any atom is -0.431 e. The number of fused-ring (bicyclic) bond motifs is 3. The third-order valence-electron chi connectivity index (χ3n) is 10.9. The van der Waals surface area contributed by atoms with E-state index in [1.54, 1.807) is 13.0 Å². The van der Waals surface area contributed by atoms with Crippen molar-refractivity contribution < 1.29 is 33.6 Å². The highest BCUT2D eigenvalue weighted by molar-refractivity contribution is 5.66. The number of hydrogen-bond acceptors (Lipinski definition) is 8. The van der Waals surface area contributed by atoms with Gasteiger partial charge in [-0.1, -0.05) is 6.92 Å². The largest absolute Gasteiger partial charge is 0.431 e. The summed E-state index contributed by atoms with van der Waals surface area (Å²) in [7, 11) is 0. The van der Waals surface area contributed by atoms with E-state index in [2.05, 4.69) is 0 Å². The molecule has 0 unspecified atom stereocenters. The highest BCUT2D eigenvalue weighted by atomic mass is 16.9. The number of ether oxygens (including phenoxy) is 3. The van der Waals surface area contributed by atoms with Crippen LogP contribution >= 0.6 is 0 Å². The molecule has 0 aromatic carbocycles. The smallest absolute Gasteiger partial charge is 0.335 e. The van der Waals surface area contributed by atoms with Crippen molar-refractivity contribution in [3.63, 3.8) is 0 Å². The molecule has 7 aliphatic rings. The van der Waals surface area contributed by atoms with Gasteiger partial charge in [0.25, 0.3) is 5.97 Å². The molecule has 4 saturated carbocycles. The van der Waals surface area contributed by atoms with Gasteiger partial charge < -0.3 is 33.6 Å². The number of carbonyl (C=O) groups is 1. The van der Waals surface area contributed by atoms with Crippen molar-refractivity contribution in [1.82, 2.24) is 0 Å². The Kier molecular flexibility index (Phi) is 4.08. The van der Waals surface area contributed by atoms with Crippen LogP contribution in [0.5, 0.6) is 0 Å². The van der Waals surface area contributed by atoms with Crippen LogP contribution in [-0.4, -0.2) is 52.0 Å². The van der Waals surface area contributed by atoms with Crippen LogP contribution in [0.3, 0.4) is 0 Å². The quantitative estimate of drug-likeness (QED) is 0.630. The van der Waals surface area contributed by atoms with Crippen molar-refractivity contribution in [2.45, 2.75) is 100 Å². The van der Waals surface area contributed by atoms with E-state index in [1.807, 2.05) is 6.92 Å². The minimum atomic E-state index is -1.16. The van der Waals surface area contributed by atoms with Gasteiger partial charge in [-0.2, -0.15) is 0 Å². The first-order chi connectivity index (χ1) is 16.1. The molecule has 8 heteroatoms. The predicted molar refractivity (Wildman–Crippen MR) is 117 cm³/mol. The Morgan fingerprint density at radius 3 is 2.59 bits per heavy atom. The van der Waals surface area contributed by atoms with Gasteiger partial charge in [-0.3, -0.25) is 0 Å². The maximum atomic E-state index is 13.1. The summed E-state index contributed by atoms with van der Waals surface area (Å²) >= 11 is 0. The Labute approximate surface area is 197 Å². The molecule has 4 bridgehead atoms. The van der Waals surface area contributed by atoms with Gasteiger partial charge in [-0.15, -0.1) is 0 Å². The topological polar surface area (TPSA) is 115 Å². The van der Waals surface area contributed by atoms with E-state index in [-0.39, 0.29) is 36.4 Å². The maximum Gasteiger partial charge on any atom is 0.335 e. The first kappa shape index (κ1) is 21.7. The van der Waals surface area contributed by atoms with Gasteiger partial charge in [-0.05, 0) is 49.1 Å². The van der Waals surface area contributed by atoms with E-state index >= 15 is 0 Å². The van der Waals surface area contributed by atoms with Crippen molar-refractivity contribution in [2.75, 3.05) is 0 Å². The molecule has 1 spiro atoms. The molecule has 34 heavy (non-hydrogen) atoms. The average molecular weight is 473 g/mol. The van der Waals surface area contributed by atoms with Crippen molar-refractivity contribution in [3.05, 3.63) is 34.4 Å². The average Bonchev–Trinajstić information content (AvgIpc) is 2.98. The molecule has 11 atom stereocenters. The first-order valence-electron chi connectivity index (χ1n) is 12.6. The van der Waals surface area contributed by atoms with Crippen LogP contribution in [0.2, 0.25) is 0 Å². The number of carbonyl (C=O) groups excluding carboxylic acids is 1. The van der Waals surface area contributed by atoms with Gasteiger partial charge in [0.2, 0.25) is 0 Å². The molecule has 4 heterocycles. The summed E-state index contributed by atoms with van der Waals surface area (Å²) in [5, 5.41) is 23.7. The van der Waals surface area contributed by atoms with E-state index in [0.29, 0.717) is 32.1 Å². The van der Waals surface area contributed by atoms with Crippen molar-refractivity contribution >= 4 is 6.29 Å². The van der Waals surface area contributed by atoms with Crippen molar-refractivity contribution in [3.8, 4) is 0 Å². The fourth-order valence-corrected chi connectivity index (χ4v) is 9.77. The molecule has 4 aliphatic carbocycles. The second kappa shape index (κ2) is 6.40. The van der Waals surface area contributed by atoms with Gasteiger partial charge in [0, 0.05) is 43.6 Å². The third-order valence-corrected chi connectivity index (χ3v) is 10.9. The third kappa shape index (κ3) is 2.28. The van der Waals surface area contributed by atoms with Crippen LogP contribution in [0.4, 0.5) is 0 Å². The number of aliphatic hydroxyl groups excluding tert-OH is 1. The summed E-state index contributed by atoms with van der Waals surface area (Å²) in [6.07, 6.45) is 5.74. The molecule has 1 aromatic rings. The van der Waals surface area contributed by atoms with E-state index in [0.717, 1.165) is 18.3 Å². The maximum absolute atomic E-state index is 13.1. The van der Waals surface area contributed by atoms with Crippen molar-refractivity contribution in [2.24, 2.45) is 22.7 Å². The highest BCUT2D eigenvalue weighted by Gasteiger charge is 2.79. The molecule has 8 nitrogen and oxygen atoms in total. The van der Waals surface area contributed by atoms with Crippen molar-refractivity contribution in [1.29, 1.82) is 0 Å². The summed E-state index contributed by atoms with van der Waals surface area (Å²) < 4.78 is 23.9. The molecule has 3 aliphatic heterocycles. The lowest BCUT2D eigenvalue weighted by Crippen LogP contribution is -2.81. The standard InChI is InChI=1S/C26H32O8/c1-22-7-5-16-17(26(22,30)11-18(28)21(22)14-3-4-20(29)31-12-14)6-8-24-10-15-9-19(25(16,24)13-27)33-23(2,32-15)34-24/h3-4,12-13,15-19,21,28,30H,5-11H2,1-2H3/t15-,16-,17+,18-,19+,21+,22-,23-,24-,25-,26+/m0/s1. The van der Waals surface area contributed by atoms with Crippen LogP contribution in [0.1, 0.15) is 70.3 Å². The second-order valence-electron chi connectivity index (χ2n) is 12.1. The van der Waals surface area contributed by atoms with Gasteiger partial charge >= 0.3 is 5.63 Å². The summed E-state index contributed by atoms with van der Waals surface area (Å²) in [4.78, 5) is 24.6. The molecular formula is C26H32O8. The Morgan fingerprint density at radius 2 is 1.88 bits per heavy atom. The second-order valence-corrected chi connectivity index (χ2v) is 12.1.